The second-order valence-corrected chi connectivity index (χ2v) is 8.92. The van der Waals surface area contributed by atoms with Gasteiger partial charge in [-0.2, -0.15) is 4.31 Å². The Kier molecular flexibility index (Phi) is 6.88. The van der Waals surface area contributed by atoms with Crippen molar-refractivity contribution in [3.63, 3.8) is 0 Å². The van der Waals surface area contributed by atoms with Crippen molar-refractivity contribution in [2.45, 2.75) is 57.4 Å². The molecule has 2 atom stereocenters. The zero-order valence-electron chi connectivity index (χ0n) is 15.1. The number of nitrogens with zero attached hydrogens (tertiary/aromatic N) is 1. The second-order valence-electron chi connectivity index (χ2n) is 6.57. The van der Waals surface area contributed by atoms with E-state index < -0.39 is 10.0 Å². The van der Waals surface area contributed by atoms with Gasteiger partial charge in [0, 0.05) is 19.1 Å². The number of nitrogens with one attached hydrogen (secondary N) is 1. The van der Waals surface area contributed by atoms with E-state index in [0.717, 1.165) is 19.3 Å². The van der Waals surface area contributed by atoms with Gasteiger partial charge in [0.15, 0.2) is 0 Å². The molecule has 0 aliphatic heterocycles. The summed E-state index contributed by atoms with van der Waals surface area (Å²) in [5.74, 6) is 0.111. The first kappa shape index (κ1) is 20.2. The number of carbonyl (C=O) groups is 1. The van der Waals surface area contributed by atoms with Gasteiger partial charge in [0.2, 0.25) is 10.0 Å². The zero-order valence-corrected chi connectivity index (χ0v) is 16.7. The molecule has 0 radical (unpaired) electrons. The Labute approximate surface area is 155 Å². The normalized spacial score (nSPS) is 21.3. The minimum Gasteiger partial charge on any atom is -0.349 e. The van der Waals surface area contributed by atoms with E-state index in [2.05, 4.69) is 12.2 Å². The largest absolute Gasteiger partial charge is 0.349 e. The van der Waals surface area contributed by atoms with Crippen molar-refractivity contribution in [3.8, 4) is 0 Å². The maximum atomic E-state index is 12.7. The second kappa shape index (κ2) is 8.52. The SMILES string of the molecule is CCN(CC)S(=O)(=O)c1ccc(Cl)c(C(=O)N[C@@H]2CCCC[C@H]2C)c1. The van der Waals surface area contributed by atoms with E-state index in [0.29, 0.717) is 19.0 Å². The Morgan fingerprint density at radius 1 is 1.24 bits per heavy atom. The zero-order chi connectivity index (χ0) is 18.6. The van der Waals surface area contributed by atoms with Crippen molar-refractivity contribution in [1.82, 2.24) is 9.62 Å². The van der Waals surface area contributed by atoms with Crippen molar-refractivity contribution in [3.05, 3.63) is 28.8 Å². The summed E-state index contributed by atoms with van der Waals surface area (Å²) in [6.07, 6.45) is 4.32. The lowest BCUT2D eigenvalue weighted by atomic mass is 9.86. The average Bonchev–Trinajstić information content (AvgIpc) is 2.58. The minimum absolute atomic E-state index is 0.0995. The molecule has 25 heavy (non-hydrogen) atoms. The number of halogens is 1. The number of amides is 1. The molecule has 140 valence electrons. The average molecular weight is 387 g/mol. The van der Waals surface area contributed by atoms with Gasteiger partial charge in [-0.05, 0) is 37.0 Å². The molecule has 1 aromatic rings. The van der Waals surface area contributed by atoms with Gasteiger partial charge in [-0.25, -0.2) is 8.42 Å². The van der Waals surface area contributed by atoms with E-state index in [4.69, 9.17) is 11.6 Å². The fraction of sp³-hybridized carbons (Fsp3) is 0.611. The van der Waals surface area contributed by atoms with E-state index in [1.165, 1.54) is 28.9 Å². The van der Waals surface area contributed by atoms with Crippen LogP contribution >= 0.6 is 11.6 Å². The molecule has 1 fully saturated rings. The Morgan fingerprint density at radius 2 is 1.88 bits per heavy atom. The minimum atomic E-state index is -3.62. The van der Waals surface area contributed by atoms with Crippen LogP contribution in [0.25, 0.3) is 0 Å². The van der Waals surface area contributed by atoms with Gasteiger partial charge in [0.25, 0.3) is 5.91 Å². The predicted molar refractivity (Wildman–Crippen MR) is 100 cm³/mol. The van der Waals surface area contributed by atoms with Crippen LogP contribution in [0.15, 0.2) is 23.1 Å². The van der Waals surface area contributed by atoms with Gasteiger partial charge in [0.05, 0.1) is 15.5 Å². The van der Waals surface area contributed by atoms with Crippen LogP contribution in [0.2, 0.25) is 5.02 Å². The number of carbonyl (C=O) groups excluding carboxylic acids is 1. The van der Waals surface area contributed by atoms with Crippen LogP contribution in [0, 0.1) is 5.92 Å². The molecule has 2 rings (SSSR count). The quantitative estimate of drug-likeness (QED) is 0.810. The molecule has 1 amide bonds. The van der Waals surface area contributed by atoms with Crippen molar-refractivity contribution < 1.29 is 13.2 Å². The Bertz CT molecular complexity index is 717. The van der Waals surface area contributed by atoms with Crippen LogP contribution in [0.4, 0.5) is 0 Å². The molecule has 0 unspecified atom stereocenters. The van der Waals surface area contributed by atoms with E-state index in [-0.39, 0.29) is 27.4 Å². The van der Waals surface area contributed by atoms with Gasteiger partial charge in [-0.1, -0.05) is 45.2 Å². The summed E-state index contributed by atoms with van der Waals surface area (Å²) in [6, 6.07) is 4.44. The summed E-state index contributed by atoms with van der Waals surface area (Å²) in [6.45, 7) is 6.46. The van der Waals surface area contributed by atoms with Crippen molar-refractivity contribution in [2.24, 2.45) is 5.92 Å². The molecule has 0 spiro atoms. The van der Waals surface area contributed by atoms with Crippen LogP contribution in [0.1, 0.15) is 56.8 Å². The van der Waals surface area contributed by atoms with Crippen molar-refractivity contribution >= 4 is 27.5 Å². The van der Waals surface area contributed by atoms with E-state index >= 15 is 0 Å². The molecule has 0 aromatic heterocycles. The van der Waals surface area contributed by atoms with Crippen molar-refractivity contribution in [2.75, 3.05) is 13.1 Å². The number of rotatable bonds is 6. The number of benzene rings is 1. The summed E-state index contributed by atoms with van der Waals surface area (Å²) in [5.41, 5.74) is 0.215. The highest BCUT2D eigenvalue weighted by Gasteiger charge is 2.26. The molecule has 0 heterocycles. The molecule has 1 N–H and O–H groups in total. The summed E-state index contributed by atoms with van der Waals surface area (Å²) < 4.78 is 26.7. The van der Waals surface area contributed by atoms with Crippen molar-refractivity contribution in [1.29, 1.82) is 0 Å². The first-order chi connectivity index (χ1) is 11.8. The number of hydrogen-bond acceptors (Lipinski definition) is 3. The molecule has 0 bridgehead atoms. The lowest BCUT2D eigenvalue weighted by Gasteiger charge is -2.29. The van der Waals surface area contributed by atoms with Gasteiger partial charge >= 0.3 is 0 Å². The van der Waals surface area contributed by atoms with Crippen LogP contribution in [0.3, 0.4) is 0 Å². The topological polar surface area (TPSA) is 66.5 Å². The van der Waals surface area contributed by atoms with Crippen LogP contribution in [-0.2, 0) is 10.0 Å². The van der Waals surface area contributed by atoms with Crippen LogP contribution in [-0.4, -0.2) is 37.8 Å². The molecule has 1 saturated carbocycles. The highest BCUT2D eigenvalue weighted by Crippen LogP contribution is 2.26. The summed E-state index contributed by atoms with van der Waals surface area (Å²) in [4.78, 5) is 12.8. The Hall–Kier alpha value is -1.11. The van der Waals surface area contributed by atoms with Gasteiger partial charge < -0.3 is 5.32 Å². The fourth-order valence-corrected chi connectivity index (χ4v) is 5.02. The molecule has 1 aromatic carbocycles. The number of sulfonamides is 1. The molecular formula is C18H27ClN2O3S. The molecule has 0 saturated heterocycles. The smallest absolute Gasteiger partial charge is 0.253 e. The van der Waals surface area contributed by atoms with E-state index in [1.54, 1.807) is 13.8 Å². The third-order valence-electron chi connectivity index (χ3n) is 4.95. The monoisotopic (exact) mass is 386 g/mol. The van der Waals surface area contributed by atoms with Gasteiger partial charge in [0.1, 0.15) is 0 Å². The number of hydrogen-bond donors (Lipinski definition) is 1. The molecular weight excluding hydrogens is 360 g/mol. The third kappa shape index (κ3) is 4.54. The van der Waals surface area contributed by atoms with Crippen LogP contribution < -0.4 is 5.32 Å². The van der Waals surface area contributed by atoms with Gasteiger partial charge in [-0.15, -0.1) is 0 Å². The maximum Gasteiger partial charge on any atom is 0.253 e. The van der Waals surface area contributed by atoms with Crippen LogP contribution in [0.5, 0.6) is 0 Å². The third-order valence-corrected chi connectivity index (χ3v) is 7.33. The molecule has 1 aliphatic rings. The fourth-order valence-electron chi connectivity index (χ4n) is 3.33. The highest BCUT2D eigenvalue weighted by molar-refractivity contribution is 7.89. The Balaban J connectivity index is 2.28. The molecule has 7 heteroatoms. The van der Waals surface area contributed by atoms with E-state index in [1.807, 2.05) is 0 Å². The lowest BCUT2D eigenvalue weighted by Crippen LogP contribution is -2.41. The lowest BCUT2D eigenvalue weighted by molar-refractivity contribution is 0.0910. The highest BCUT2D eigenvalue weighted by atomic mass is 35.5. The standard InChI is InChI=1S/C18H27ClN2O3S/c1-4-21(5-2)25(23,24)14-10-11-16(19)15(12-14)18(22)20-17-9-7-6-8-13(17)3/h10-13,17H,4-9H2,1-3H3,(H,20,22)/t13-,17-/m1/s1. The first-order valence-electron chi connectivity index (χ1n) is 8.91. The Morgan fingerprint density at radius 3 is 2.48 bits per heavy atom. The summed E-state index contributed by atoms with van der Waals surface area (Å²) >= 11 is 6.17. The van der Waals surface area contributed by atoms with E-state index in [9.17, 15) is 13.2 Å². The summed E-state index contributed by atoms with van der Waals surface area (Å²) in [5, 5.41) is 3.29. The summed E-state index contributed by atoms with van der Waals surface area (Å²) in [7, 11) is -3.62. The predicted octanol–water partition coefficient (Wildman–Crippen LogP) is 3.68. The first-order valence-corrected chi connectivity index (χ1v) is 10.7. The molecule has 5 nitrogen and oxygen atoms in total. The van der Waals surface area contributed by atoms with Gasteiger partial charge in [-0.3, -0.25) is 4.79 Å². The maximum absolute atomic E-state index is 12.7. The molecule has 1 aliphatic carbocycles.